The average molecular weight is 301 g/mol. The molecule has 22 heavy (non-hydrogen) atoms. The zero-order valence-electron chi connectivity index (χ0n) is 12.9. The fourth-order valence-electron chi connectivity index (χ4n) is 2.27. The zero-order valence-corrected chi connectivity index (χ0v) is 12.9. The maximum absolute atomic E-state index is 11.9. The van der Waals surface area contributed by atoms with Gasteiger partial charge in [0, 0.05) is 23.0 Å². The fraction of sp³-hybridized carbons (Fsp3) is 0.471. The summed E-state index contributed by atoms with van der Waals surface area (Å²) in [5, 5.41) is 3.34. The number of benzene rings is 1. The summed E-state index contributed by atoms with van der Waals surface area (Å²) in [5.74, 6) is 6.51. The Hall–Kier alpha value is -2.17. The van der Waals surface area contributed by atoms with E-state index >= 15 is 0 Å². The summed E-state index contributed by atoms with van der Waals surface area (Å²) < 4.78 is 0. The number of hydrazone groups is 1. The van der Waals surface area contributed by atoms with Gasteiger partial charge < -0.3 is 11.6 Å². The third-order valence-corrected chi connectivity index (χ3v) is 4.00. The van der Waals surface area contributed by atoms with E-state index < -0.39 is 0 Å². The number of amidine groups is 1. The minimum Gasteiger partial charge on any atom is -0.386 e. The van der Waals surface area contributed by atoms with Gasteiger partial charge in [-0.25, -0.2) is 0 Å². The molecule has 4 N–H and O–H groups in total. The molecule has 0 unspecified atom stereocenters. The highest BCUT2D eigenvalue weighted by Crippen LogP contribution is 2.33. The van der Waals surface area contributed by atoms with Crippen molar-refractivity contribution in [2.45, 2.75) is 39.0 Å². The molecule has 0 heterocycles. The number of hydrogen-bond donors (Lipinski definition) is 2. The van der Waals surface area contributed by atoms with Crippen molar-refractivity contribution in [3.8, 4) is 0 Å². The summed E-state index contributed by atoms with van der Waals surface area (Å²) in [6, 6.07) is 5.34. The zero-order chi connectivity index (χ0) is 16.1. The van der Waals surface area contributed by atoms with Crippen molar-refractivity contribution >= 4 is 17.9 Å². The molecule has 0 saturated heterocycles. The van der Waals surface area contributed by atoms with Crippen LogP contribution in [-0.2, 0) is 6.42 Å². The van der Waals surface area contributed by atoms with E-state index in [9.17, 15) is 9.59 Å². The number of nitrogens with zero attached hydrogens (tertiary/aromatic N) is 1. The molecule has 0 aliphatic heterocycles. The lowest BCUT2D eigenvalue weighted by atomic mass is 9.97. The SMILES string of the molecule is CCc1cc(C=O)ccc1C(=O)C1CC1.N/N=C(\N)C1CC1. The first-order valence-corrected chi connectivity index (χ1v) is 7.76. The van der Waals surface area contributed by atoms with E-state index in [0.717, 1.165) is 36.7 Å². The van der Waals surface area contributed by atoms with Gasteiger partial charge in [0.25, 0.3) is 0 Å². The van der Waals surface area contributed by atoms with Crippen molar-refractivity contribution < 1.29 is 9.59 Å². The summed E-state index contributed by atoms with van der Waals surface area (Å²) in [6.07, 6.45) is 6.02. The van der Waals surface area contributed by atoms with Crippen LogP contribution in [0.3, 0.4) is 0 Å². The van der Waals surface area contributed by atoms with Gasteiger partial charge in [-0.3, -0.25) is 9.59 Å². The molecule has 0 radical (unpaired) electrons. The molecule has 0 atom stereocenters. The van der Waals surface area contributed by atoms with Gasteiger partial charge in [-0.2, -0.15) is 5.10 Å². The number of hydrogen-bond acceptors (Lipinski definition) is 4. The predicted octanol–water partition coefficient (Wildman–Crippen LogP) is 2.28. The van der Waals surface area contributed by atoms with E-state index in [1.165, 1.54) is 12.8 Å². The second-order valence-corrected chi connectivity index (χ2v) is 5.85. The van der Waals surface area contributed by atoms with Gasteiger partial charge >= 0.3 is 0 Å². The number of carbonyl (C=O) groups excluding carboxylic acids is 2. The smallest absolute Gasteiger partial charge is 0.166 e. The lowest BCUT2D eigenvalue weighted by Crippen LogP contribution is -2.15. The van der Waals surface area contributed by atoms with Gasteiger partial charge in [-0.1, -0.05) is 19.1 Å². The van der Waals surface area contributed by atoms with E-state index in [4.69, 9.17) is 11.6 Å². The van der Waals surface area contributed by atoms with Crippen molar-refractivity contribution in [1.82, 2.24) is 0 Å². The van der Waals surface area contributed by atoms with E-state index in [1.807, 2.05) is 13.0 Å². The van der Waals surface area contributed by atoms with E-state index in [2.05, 4.69) is 5.10 Å². The van der Waals surface area contributed by atoms with E-state index in [0.29, 0.717) is 17.3 Å². The fourth-order valence-corrected chi connectivity index (χ4v) is 2.27. The monoisotopic (exact) mass is 301 g/mol. The Kier molecular flexibility index (Phi) is 5.31. The number of Topliss-reactive ketones (excluding diaryl/α,β-unsaturated/α-hetero) is 1. The Morgan fingerprint density at radius 1 is 1.27 bits per heavy atom. The molecule has 2 fully saturated rings. The molecule has 0 bridgehead atoms. The average Bonchev–Trinajstić information content (AvgIpc) is 3.44. The van der Waals surface area contributed by atoms with E-state index in [-0.39, 0.29) is 11.7 Å². The molecule has 5 nitrogen and oxygen atoms in total. The predicted molar refractivity (Wildman–Crippen MR) is 86.8 cm³/mol. The van der Waals surface area contributed by atoms with E-state index in [1.54, 1.807) is 12.1 Å². The van der Waals surface area contributed by atoms with Crippen LogP contribution in [0.5, 0.6) is 0 Å². The van der Waals surface area contributed by atoms with Crippen LogP contribution in [0, 0.1) is 11.8 Å². The Balaban J connectivity index is 0.000000211. The van der Waals surface area contributed by atoms with Gasteiger partial charge in [-0.15, -0.1) is 0 Å². The molecule has 0 aromatic heterocycles. The van der Waals surface area contributed by atoms with Gasteiger partial charge in [0.2, 0.25) is 0 Å². The van der Waals surface area contributed by atoms with Crippen molar-refractivity contribution in [2.75, 3.05) is 0 Å². The van der Waals surface area contributed by atoms with Crippen LogP contribution in [0.15, 0.2) is 23.3 Å². The Labute approximate surface area is 130 Å². The molecule has 1 aromatic rings. The van der Waals surface area contributed by atoms with Crippen LogP contribution in [0.4, 0.5) is 0 Å². The topological polar surface area (TPSA) is 98.5 Å². The molecule has 2 saturated carbocycles. The molecule has 3 rings (SSSR count). The lowest BCUT2D eigenvalue weighted by Gasteiger charge is -2.06. The Bertz CT molecular complexity index is 588. The van der Waals surface area contributed by atoms with Gasteiger partial charge in [0.15, 0.2) is 5.78 Å². The molecule has 1 aromatic carbocycles. The lowest BCUT2D eigenvalue weighted by molar-refractivity contribution is 0.0966. The summed E-state index contributed by atoms with van der Waals surface area (Å²) in [7, 11) is 0. The van der Waals surface area contributed by atoms with Crippen LogP contribution in [0.25, 0.3) is 0 Å². The highest BCUT2D eigenvalue weighted by atomic mass is 16.1. The van der Waals surface area contributed by atoms with Crippen LogP contribution >= 0.6 is 0 Å². The molecule has 118 valence electrons. The highest BCUT2D eigenvalue weighted by Gasteiger charge is 2.31. The van der Waals surface area contributed by atoms with Crippen molar-refractivity contribution in [3.05, 3.63) is 34.9 Å². The summed E-state index contributed by atoms with van der Waals surface area (Å²) in [4.78, 5) is 22.5. The number of aldehydes is 1. The third-order valence-electron chi connectivity index (χ3n) is 4.00. The number of rotatable bonds is 5. The number of ketones is 1. The minimum absolute atomic E-state index is 0.248. The molecule has 2 aliphatic carbocycles. The molecular formula is C17H23N3O2. The van der Waals surface area contributed by atoms with Crippen LogP contribution in [-0.4, -0.2) is 17.9 Å². The first kappa shape index (κ1) is 16.2. The van der Waals surface area contributed by atoms with Gasteiger partial charge in [0.1, 0.15) is 12.1 Å². The summed E-state index contributed by atoms with van der Waals surface area (Å²) >= 11 is 0. The van der Waals surface area contributed by atoms with Crippen LogP contribution < -0.4 is 11.6 Å². The van der Waals surface area contributed by atoms with Crippen LogP contribution in [0.1, 0.15) is 58.9 Å². The molecule has 5 heteroatoms. The molecular weight excluding hydrogens is 278 g/mol. The maximum Gasteiger partial charge on any atom is 0.166 e. The highest BCUT2D eigenvalue weighted by molar-refractivity contribution is 6.01. The first-order valence-electron chi connectivity index (χ1n) is 7.76. The minimum atomic E-state index is 0.248. The largest absolute Gasteiger partial charge is 0.386 e. The second-order valence-electron chi connectivity index (χ2n) is 5.85. The van der Waals surface area contributed by atoms with Gasteiger partial charge in [0.05, 0.1) is 0 Å². The second kappa shape index (κ2) is 7.20. The first-order chi connectivity index (χ1) is 10.6. The maximum atomic E-state index is 11.9. The quantitative estimate of drug-likeness (QED) is 0.218. The molecule has 0 spiro atoms. The molecule has 0 amide bonds. The number of carbonyl (C=O) groups is 2. The van der Waals surface area contributed by atoms with Crippen molar-refractivity contribution in [1.29, 1.82) is 0 Å². The van der Waals surface area contributed by atoms with Crippen molar-refractivity contribution in [3.63, 3.8) is 0 Å². The normalized spacial score (nSPS) is 17.4. The number of nitrogens with two attached hydrogens (primary N) is 2. The molecule has 2 aliphatic rings. The van der Waals surface area contributed by atoms with Gasteiger partial charge in [-0.05, 0) is 43.7 Å². The summed E-state index contributed by atoms with van der Waals surface area (Å²) in [5.41, 5.74) is 7.76. The summed E-state index contributed by atoms with van der Waals surface area (Å²) in [6.45, 7) is 2.01. The van der Waals surface area contributed by atoms with Crippen molar-refractivity contribution in [2.24, 2.45) is 28.5 Å². The number of aryl methyl sites for hydroxylation is 1. The Morgan fingerprint density at radius 3 is 2.32 bits per heavy atom. The van der Waals surface area contributed by atoms with Crippen LogP contribution in [0.2, 0.25) is 0 Å². The third kappa shape index (κ3) is 4.16. The standard InChI is InChI=1S/C13H14O2.C4H9N3/c1-2-10-7-9(8-14)3-6-12(10)13(15)11-4-5-11;5-4(7-6)3-1-2-3/h3,6-8,11H,2,4-5H2,1H3;3H,1-2,6H2,(H2,5,7). The Morgan fingerprint density at radius 2 is 1.91 bits per heavy atom.